The molecule has 0 aliphatic carbocycles. The number of quaternary nitrogens is 1. The molecule has 0 N–H and O–H groups in total. The van der Waals surface area contributed by atoms with Crippen LogP contribution in [0.2, 0.25) is 0 Å². The van der Waals surface area contributed by atoms with Gasteiger partial charge in [-0.2, -0.15) is 11.8 Å². The van der Waals surface area contributed by atoms with E-state index in [9.17, 15) is 0 Å². The largest absolute Gasteiger partial charge is 0.322 e. The summed E-state index contributed by atoms with van der Waals surface area (Å²) in [7, 11) is 0. The van der Waals surface area contributed by atoms with Crippen LogP contribution in [0, 0.1) is 0 Å². The molecule has 0 spiro atoms. The Bertz CT molecular complexity index is 390. The molecule has 0 aromatic heterocycles. The van der Waals surface area contributed by atoms with Gasteiger partial charge in [0.15, 0.2) is 0 Å². The molecule has 34 heavy (non-hydrogen) atoms. The predicted octanol–water partition coefficient (Wildman–Crippen LogP) is 11.0. The van der Waals surface area contributed by atoms with Crippen LogP contribution in [0.5, 0.6) is 0 Å². The fourth-order valence-electron chi connectivity index (χ4n) is 5.87. The molecule has 0 atom stereocenters. The molecular weight excluding hydrogens is 430 g/mol. The number of rotatable bonds is 26. The van der Waals surface area contributed by atoms with E-state index in [0.717, 1.165) is 0 Å². The molecule has 0 amide bonds. The Balaban J connectivity index is 1.96. The van der Waals surface area contributed by atoms with E-state index in [2.05, 4.69) is 25.6 Å². The number of nitrogens with zero attached hydrogens (tertiary/aromatic N) is 1. The van der Waals surface area contributed by atoms with Gasteiger partial charge in [-0.05, 0) is 25.7 Å². The Hall–Kier alpha value is 0.310. The molecule has 1 aliphatic rings. The van der Waals surface area contributed by atoms with Crippen LogP contribution in [-0.2, 0) is 0 Å². The third kappa shape index (κ3) is 19.5. The molecule has 1 saturated heterocycles. The third-order valence-corrected chi connectivity index (χ3v) is 9.33. The minimum atomic E-state index is 1.37. The fraction of sp³-hybridized carbons (Fsp3) is 1.00. The summed E-state index contributed by atoms with van der Waals surface area (Å²) in [5.74, 6) is 2.83. The normalized spacial score (nSPS) is 15.7. The van der Waals surface area contributed by atoms with Gasteiger partial charge in [-0.1, -0.05) is 142 Å². The lowest BCUT2D eigenvalue weighted by Gasteiger charge is -2.41. The second kappa shape index (κ2) is 25.0. The van der Waals surface area contributed by atoms with E-state index in [1.54, 1.807) is 0 Å². The minimum Gasteiger partial charge on any atom is -0.322 e. The lowest BCUT2D eigenvalue weighted by Crippen LogP contribution is -2.54. The molecule has 0 aromatic carbocycles. The maximum absolute atomic E-state index is 2.32. The van der Waals surface area contributed by atoms with E-state index >= 15 is 0 Å². The van der Waals surface area contributed by atoms with Crippen LogP contribution < -0.4 is 0 Å². The molecule has 1 rings (SSSR count). The first kappa shape index (κ1) is 32.3. The van der Waals surface area contributed by atoms with E-state index in [1.807, 2.05) is 0 Å². The first-order chi connectivity index (χ1) is 16.8. The van der Waals surface area contributed by atoms with Gasteiger partial charge in [-0.15, -0.1) is 0 Å². The first-order valence-electron chi connectivity index (χ1n) is 16.3. The molecule has 0 radical (unpaired) electrons. The van der Waals surface area contributed by atoms with Gasteiger partial charge in [-0.25, -0.2) is 0 Å². The molecule has 0 aromatic rings. The summed E-state index contributed by atoms with van der Waals surface area (Å²) in [6.45, 7) is 10.5. The van der Waals surface area contributed by atoms with Crippen LogP contribution in [0.15, 0.2) is 0 Å². The Kier molecular flexibility index (Phi) is 23.8. The average Bonchev–Trinajstić information content (AvgIpc) is 2.86. The zero-order chi connectivity index (χ0) is 24.4. The Labute approximate surface area is 221 Å². The Morgan fingerprint density at radius 3 is 0.941 bits per heavy atom. The van der Waals surface area contributed by atoms with Gasteiger partial charge in [0.2, 0.25) is 0 Å². The molecule has 1 heterocycles. The highest BCUT2D eigenvalue weighted by Gasteiger charge is 2.28. The van der Waals surface area contributed by atoms with Gasteiger partial charge >= 0.3 is 0 Å². The maximum atomic E-state index is 2.32. The summed E-state index contributed by atoms with van der Waals surface area (Å²) in [5, 5.41) is 0. The van der Waals surface area contributed by atoms with E-state index < -0.39 is 0 Å². The topological polar surface area (TPSA) is 0 Å². The summed E-state index contributed by atoms with van der Waals surface area (Å²) in [4.78, 5) is 0. The molecule has 1 fully saturated rings. The van der Waals surface area contributed by atoms with Crippen LogP contribution >= 0.6 is 11.8 Å². The van der Waals surface area contributed by atoms with Crippen LogP contribution in [0.25, 0.3) is 0 Å². The summed E-state index contributed by atoms with van der Waals surface area (Å²) < 4.78 is 1.47. The summed E-state index contributed by atoms with van der Waals surface area (Å²) in [6.07, 6.45) is 35.3. The Morgan fingerprint density at radius 1 is 0.382 bits per heavy atom. The van der Waals surface area contributed by atoms with Crippen LogP contribution in [0.3, 0.4) is 0 Å². The van der Waals surface area contributed by atoms with Crippen molar-refractivity contribution >= 4 is 11.8 Å². The maximum Gasteiger partial charge on any atom is 0.0878 e. The van der Waals surface area contributed by atoms with Crippen molar-refractivity contribution in [2.45, 2.75) is 168 Å². The number of hydrogen-bond acceptors (Lipinski definition) is 1. The molecule has 1 aliphatic heterocycles. The van der Waals surface area contributed by atoms with Gasteiger partial charge in [0, 0.05) is 11.5 Å². The lowest BCUT2D eigenvalue weighted by atomic mass is 10.0. The van der Waals surface area contributed by atoms with E-state index in [1.165, 1.54) is 196 Å². The van der Waals surface area contributed by atoms with Gasteiger partial charge in [-0.3, -0.25) is 0 Å². The van der Waals surface area contributed by atoms with Crippen LogP contribution in [0.1, 0.15) is 168 Å². The quantitative estimate of drug-likeness (QED) is 0.0847. The second-order valence-corrected chi connectivity index (χ2v) is 12.9. The van der Waals surface area contributed by atoms with Gasteiger partial charge in [0.25, 0.3) is 0 Å². The highest BCUT2D eigenvalue weighted by Crippen LogP contribution is 2.22. The van der Waals surface area contributed by atoms with Crippen molar-refractivity contribution < 1.29 is 4.48 Å². The Morgan fingerprint density at radius 2 is 0.647 bits per heavy atom. The molecular formula is C32H66NS+. The molecule has 0 unspecified atom stereocenters. The van der Waals surface area contributed by atoms with Crippen molar-refractivity contribution in [1.29, 1.82) is 0 Å². The molecule has 204 valence electrons. The molecule has 0 bridgehead atoms. The van der Waals surface area contributed by atoms with Gasteiger partial charge < -0.3 is 4.48 Å². The number of thioether (sulfide) groups is 1. The average molecular weight is 497 g/mol. The first-order valence-corrected chi connectivity index (χ1v) is 17.4. The van der Waals surface area contributed by atoms with Crippen molar-refractivity contribution in [2.24, 2.45) is 0 Å². The van der Waals surface area contributed by atoms with Crippen molar-refractivity contribution in [2.75, 3.05) is 37.7 Å². The van der Waals surface area contributed by atoms with Crippen LogP contribution in [-0.4, -0.2) is 42.2 Å². The SMILES string of the molecule is CCCCCCCCCCCCCCCC[N+]1(CCCCCCCCCCCC)CCSCC1. The standard InChI is InChI=1S/C32H66NS/c1-3-5-7-9-11-13-15-16-17-18-20-22-24-26-28-33(29-31-34-32-30-33)27-25-23-21-19-14-12-10-8-6-4-2/h3-32H2,1-2H3/q+1. The van der Waals surface area contributed by atoms with Crippen molar-refractivity contribution in [3.05, 3.63) is 0 Å². The minimum absolute atomic E-state index is 1.37. The van der Waals surface area contributed by atoms with Gasteiger partial charge in [0.05, 0.1) is 26.2 Å². The number of hydrogen-bond donors (Lipinski definition) is 0. The number of unbranched alkanes of at least 4 members (excludes halogenated alkanes) is 22. The third-order valence-electron chi connectivity index (χ3n) is 8.39. The predicted molar refractivity (Wildman–Crippen MR) is 159 cm³/mol. The monoisotopic (exact) mass is 496 g/mol. The van der Waals surface area contributed by atoms with Crippen molar-refractivity contribution in [3.8, 4) is 0 Å². The van der Waals surface area contributed by atoms with E-state index in [0.29, 0.717) is 0 Å². The van der Waals surface area contributed by atoms with E-state index in [-0.39, 0.29) is 0 Å². The lowest BCUT2D eigenvalue weighted by molar-refractivity contribution is -0.925. The molecule has 2 heteroatoms. The highest BCUT2D eigenvalue weighted by atomic mass is 32.2. The van der Waals surface area contributed by atoms with E-state index in [4.69, 9.17) is 0 Å². The molecule has 0 saturated carbocycles. The summed E-state index contributed by atoms with van der Waals surface area (Å²) in [6, 6.07) is 0. The van der Waals surface area contributed by atoms with Crippen molar-refractivity contribution in [1.82, 2.24) is 0 Å². The van der Waals surface area contributed by atoms with Crippen LogP contribution in [0.4, 0.5) is 0 Å². The van der Waals surface area contributed by atoms with Crippen molar-refractivity contribution in [3.63, 3.8) is 0 Å². The summed E-state index contributed by atoms with van der Waals surface area (Å²) in [5.41, 5.74) is 0. The zero-order valence-corrected chi connectivity index (χ0v) is 24.9. The smallest absolute Gasteiger partial charge is 0.0878 e. The van der Waals surface area contributed by atoms with Gasteiger partial charge in [0.1, 0.15) is 0 Å². The highest BCUT2D eigenvalue weighted by molar-refractivity contribution is 7.99. The fourth-order valence-corrected chi connectivity index (χ4v) is 7.10. The second-order valence-electron chi connectivity index (χ2n) is 11.6. The zero-order valence-electron chi connectivity index (χ0n) is 24.1. The molecule has 1 nitrogen and oxygen atoms in total. The summed E-state index contributed by atoms with van der Waals surface area (Å²) >= 11 is 2.20.